The molecule has 0 bridgehead atoms. The van der Waals surface area contributed by atoms with Crippen LogP contribution >= 0.6 is 21.6 Å². The zero-order valence-corrected chi connectivity index (χ0v) is 43.1. The second-order valence-corrected chi connectivity index (χ2v) is 20.8. The zero-order valence-electron chi connectivity index (χ0n) is 41.5. The standard InChI is InChI=1S/C50H65N13O10S2/c1-29(65)40(25-64)57-49(72)42-27-75-74-26-41(58-44(67)35(51)21-31-13-5-3-6-14-31)48(71)55-38(22-32-15-7-4-8-16-32)46(69)56-39(23-33-24-52-36-18-10-9-17-34(33)36)47(70)54-37(19-11-12-20-63-28-53-61-62-63)45(68)60-43(30(2)66)50(73)59-42/h3-10,13-18,24,28-30,35,37-43,52,64-66H,11-12,19-23,25-27,51H2,1-2H3,(H,54,70)(H,55,71)(H,56,69)(H,57,72)(H,58,67)(H,59,73)(H,60,68)/t29-,30-,35-,37+,38?,39-,40+,41+,42?,43?/m1/s1. The van der Waals surface area contributed by atoms with Crippen molar-refractivity contribution in [1.82, 2.24) is 62.4 Å². The Morgan fingerprint density at radius 3 is 2.05 bits per heavy atom. The number of carbonyl (C=O) groups excluding carboxylic acids is 7. The number of aliphatic hydroxyl groups excluding tert-OH is 3. The maximum atomic E-state index is 14.8. The molecule has 1 saturated heterocycles. The summed E-state index contributed by atoms with van der Waals surface area (Å²) in [5.41, 5.74) is 9.20. The molecular formula is C50H65N13O10S2. The minimum atomic E-state index is -1.69. The number of aromatic amines is 1. The second kappa shape index (κ2) is 28.7. The Labute approximate surface area is 440 Å². The van der Waals surface area contributed by atoms with Crippen molar-refractivity contribution < 1.29 is 48.9 Å². The van der Waals surface area contributed by atoms with Crippen molar-refractivity contribution in [1.29, 1.82) is 0 Å². The Morgan fingerprint density at radius 1 is 0.760 bits per heavy atom. The van der Waals surface area contributed by atoms with E-state index in [0.717, 1.165) is 38.1 Å². The number of H-pyrrole nitrogens is 1. The summed E-state index contributed by atoms with van der Waals surface area (Å²) in [6.45, 7) is 2.30. The van der Waals surface area contributed by atoms with Crippen LogP contribution in [0.15, 0.2) is 97.5 Å². The first-order valence-corrected chi connectivity index (χ1v) is 27.0. The molecule has 5 aromatic rings. The fourth-order valence-electron chi connectivity index (χ4n) is 8.14. The SMILES string of the molecule is C[C@@H](O)C1NC(=O)[C@H](CCCCn2cnnn2)NC(=O)[C@@H](Cc2c[nH]c3ccccc23)NC(=O)C(Cc2ccccc2)NC(=O)[C@@H](NC(=O)[C@H](N)Cc2ccccc2)CSSCC(C(=O)N[C@@H](CO)[C@@H](C)O)NC1=O. The van der Waals surface area contributed by atoms with Crippen LogP contribution in [-0.4, -0.2) is 161 Å². The zero-order chi connectivity index (χ0) is 53.9. The molecule has 23 nitrogen and oxygen atoms in total. The van der Waals surface area contributed by atoms with Gasteiger partial charge in [-0.3, -0.25) is 33.6 Å². The van der Waals surface area contributed by atoms with E-state index < -0.39 is 108 Å². The number of fused-ring (bicyclic) bond motifs is 1. The lowest BCUT2D eigenvalue weighted by atomic mass is 10.0. The number of nitrogens with zero attached hydrogens (tertiary/aromatic N) is 4. The molecular weight excluding hydrogens is 1010 g/mol. The van der Waals surface area contributed by atoms with E-state index in [1.165, 1.54) is 24.9 Å². The first-order valence-electron chi connectivity index (χ1n) is 24.5. The number of unbranched alkanes of at least 4 members (excludes halogenated alkanes) is 1. The number of para-hydroxylation sites is 1. The van der Waals surface area contributed by atoms with Crippen LogP contribution in [-0.2, 0) is 59.4 Å². The van der Waals surface area contributed by atoms with E-state index in [1.807, 2.05) is 30.3 Å². The predicted octanol–water partition coefficient (Wildman–Crippen LogP) is -1.08. The van der Waals surface area contributed by atoms with Gasteiger partial charge in [0.15, 0.2) is 0 Å². The molecule has 0 radical (unpaired) electrons. The van der Waals surface area contributed by atoms with Crippen LogP contribution in [0.5, 0.6) is 0 Å². The number of aromatic nitrogens is 5. The quantitative estimate of drug-likeness (QED) is 0.0367. The maximum absolute atomic E-state index is 14.8. The van der Waals surface area contributed by atoms with E-state index in [1.54, 1.807) is 60.8 Å². The van der Waals surface area contributed by atoms with E-state index in [4.69, 9.17) is 5.73 Å². The lowest BCUT2D eigenvalue weighted by Gasteiger charge is -2.29. The molecule has 0 spiro atoms. The molecule has 13 N–H and O–H groups in total. The number of rotatable bonds is 18. The summed E-state index contributed by atoms with van der Waals surface area (Å²) in [5, 5.41) is 61.9. The van der Waals surface area contributed by atoms with Crippen LogP contribution in [0, 0.1) is 0 Å². The third kappa shape index (κ3) is 17.3. The first-order chi connectivity index (χ1) is 36.1. The van der Waals surface area contributed by atoms with Crippen LogP contribution in [0.1, 0.15) is 49.8 Å². The maximum Gasteiger partial charge on any atom is 0.245 e. The Balaban J connectivity index is 1.38. The molecule has 3 unspecified atom stereocenters. The molecule has 3 aromatic carbocycles. The molecule has 0 saturated carbocycles. The van der Waals surface area contributed by atoms with Gasteiger partial charge in [0.1, 0.15) is 42.6 Å². The molecule has 10 atom stereocenters. The van der Waals surface area contributed by atoms with Gasteiger partial charge in [-0.15, -0.1) is 5.10 Å². The Hall–Kier alpha value is -6.90. The van der Waals surface area contributed by atoms with E-state index in [2.05, 4.69) is 57.7 Å². The molecule has 402 valence electrons. The summed E-state index contributed by atoms with van der Waals surface area (Å²) in [6.07, 6.45) is 1.10. The highest BCUT2D eigenvalue weighted by molar-refractivity contribution is 8.76. The molecule has 3 heterocycles. The molecule has 0 aliphatic carbocycles. The summed E-state index contributed by atoms with van der Waals surface area (Å²) in [4.78, 5) is 104. The Bertz CT molecular complexity index is 2660. The van der Waals surface area contributed by atoms with E-state index >= 15 is 0 Å². The van der Waals surface area contributed by atoms with Gasteiger partial charge in [-0.05, 0) is 72.7 Å². The fraction of sp³-hybridized carbons (Fsp3) is 0.440. The fourth-order valence-corrected chi connectivity index (χ4v) is 10.5. The number of aryl methyl sites for hydroxylation is 1. The van der Waals surface area contributed by atoms with E-state index in [0.29, 0.717) is 30.5 Å². The Kier molecular flexibility index (Phi) is 21.9. The van der Waals surface area contributed by atoms with Gasteiger partial charge >= 0.3 is 0 Å². The van der Waals surface area contributed by atoms with Crippen LogP contribution in [0.25, 0.3) is 10.9 Å². The molecule has 1 aliphatic rings. The summed E-state index contributed by atoms with van der Waals surface area (Å²) >= 11 is 0. The predicted molar refractivity (Wildman–Crippen MR) is 281 cm³/mol. The van der Waals surface area contributed by atoms with Crippen molar-refractivity contribution in [2.24, 2.45) is 5.73 Å². The van der Waals surface area contributed by atoms with E-state index in [9.17, 15) is 48.9 Å². The highest BCUT2D eigenvalue weighted by atomic mass is 33.1. The van der Waals surface area contributed by atoms with Gasteiger partial charge < -0.3 is 63.3 Å². The van der Waals surface area contributed by atoms with Gasteiger partial charge in [0.2, 0.25) is 41.4 Å². The lowest BCUT2D eigenvalue weighted by molar-refractivity contribution is -0.136. The topological polar surface area (TPSA) is 350 Å². The number of hydrogen-bond donors (Lipinski definition) is 12. The molecule has 2 aromatic heterocycles. The number of carbonyl (C=O) groups is 7. The number of aliphatic hydroxyl groups is 3. The van der Waals surface area contributed by atoms with Crippen LogP contribution in [0.2, 0.25) is 0 Å². The number of nitrogens with one attached hydrogen (secondary N) is 8. The molecule has 1 aliphatic heterocycles. The molecule has 25 heteroatoms. The second-order valence-electron chi connectivity index (χ2n) is 18.3. The molecule has 1 fully saturated rings. The average molecular weight is 1070 g/mol. The van der Waals surface area contributed by atoms with Gasteiger partial charge in [0.05, 0.1) is 30.9 Å². The number of hydrogen-bond acceptors (Lipinski definition) is 16. The first kappa shape index (κ1) is 57.4. The minimum Gasteiger partial charge on any atom is -0.394 e. The highest BCUT2D eigenvalue weighted by Crippen LogP contribution is 2.24. The molecule has 6 rings (SSSR count). The van der Waals surface area contributed by atoms with Crippen molar-refractivity contribution in [2.75, 3.05) is 18.1 Å². The number of nitrogens with two attached hydrogens (primary N) is 1. The number of amides is 7. The van der Waals surface area contributed by atoms with Gasteiger partial charge in [-0.2, -0.15) is 0 Å². The van der Waals surface area contributed by atoms with Crippen LogP contribution in [0.3, 0.4) is 0 Å². The van der Waals surface area contributed by atoms with Gasteiger partial charge in [0, 0.05) is 48.0 Å². The smallest absolute Gasteiger partial charge is 0.245 e. The van der Waals surface area contributed by atoms with Crippen molar-refractivity contribution in [3.05, 3.63) is 114 Å². The lowest BCUT2D eigenvalue weighted by Crippen LogP contribution is -2.62. The third-order valence-corrected chi connectivity index (χ3v) is 14.8. The van der Waals surface area contributed by atoms with Crippen molar-refractivity contribution in [2.45, 2.75) is 119 Å². The summed E-state index contributed by atoms with van der Waals surface area (Å²) in [7, 11) is 2.05. The van der Waals surface area contributed by atoms with Gasteiger partial charge in [-0.25, -0.2) is 4.68 Å². The van der Waals surface area contributed by atoms with E-state index in [-0.39, 0.29) is 37.2 Å². The monoisotopic (exact) mass is 1070 g/mol. The van der Waals surface area contributed by atoms with Gasteiger partial charge in [0.25, 0.3) is 0 Å². The van der Waals surface area contributed by atoms with Crippen molar-refractivity contribution in [3.8, 4) is 0 Å². The summed E-state index contributed by atoms with van der Waals surface area (Å²) in [6, 6.07) is 14.4. The van der Waals surface area contributed by atoms with Crippen LogP contribution < -0.4 is 43.0 Å². The summed E-state index contributed by atoms with van der Waals surface area (Å²) in [5.74, 6) is -6.11. The minimum absolute atomic E-state index is 0.00279. The van der Waals surface area contributed by atoms with Crippen molar-refractivity contribution in [3.63, 3.8) is 0 Å². The normalized spacial score (nSPS) is 22.2. The van der Waals surface area contributed by atoms with Crippen LogP contribution in [0.4, 0.5) is 0 Å². The largest absolute Gasteiger partial charge is 0.394 e. The van der Waals surface area contributed by atoms with Crippen molar-refractivity contribution >= 4 is 73.8 Å². The number of benzene rings is 3. The van der Waals surface area contributed by atoms with Gasteiger partial charge in [-0.1, -0.05) is 100 Å². The Morgan fingerprint density at radius 2 is 1.39 bits per heavy atom. The molecule has 75 heavy (non-hydrogen) atoms. The highest BCUT2D eigenvalue weighted by Gasteiger charge is 2.36. The summed E-state index contributed by atoms with van der Waals surface area (Å²) < 4.78 is 1.49. The average Bonchev–Trinajstić information content (AvgIpc) is 4.08. The molecule has 7 amide bonds. The number of tetrazole rings is 1. The third-order valence-electron chi connectivity index (χ3n) is 12.4.